The van der Waals surface area contributed by atoms with Gasteiger partial charge in [-0.3, -0.25) is 0 Å². The molecule has 0 heterocycles. The molecule has 0 fully saturated rings. The average molecular weight is 418 g/mol. The fourth-order valence-corrected chi connectivity index (χ4v) is 2.68. The highest BCUT2D eigenvalue weighted by molar-refractivity contribution is 5.91. The highest BCUT2D eigenvalue weighted by atomic mass is 19.1. The normalized spacial score (nSPS) is 10.6. The third-order valence-electron chi connectivity index (χ3n) is 4.24. The van der Waals surface area contributed by atoms with E-state index in [-0.39, 0.29) is 5.75 Å². The Labute approximate surface area is 178 Å². The molecule has 0 saturated carbocycles. The molecule has 3 rings (SSSR count). The Bertz CT molecular complexity index is 1210. The summed E-state index contributed by atoms with van der Waals surface area (Å²) < 4.78 is 29.4. The topological polar surface area (TPSA) is 61.8 Å². The van der Waals surface area contributed by atoms with E-state index in [0.717, 1.165) is 34.9 Å². The predicted molar refractivity (Wildman–Crippen MR) is 116 cm³/mol. The molecular weight excluding hydrogens is 399 g/mol. The zero-order valence-corrected chi connectivity index (χ0v) is 16.8. The van der Waals surface area contributed by atoms with Gasteiger partial charge in [0.1, 0.15) is 18.3 Å². The number of hydrogen-bond acceptors (Lipinski definition) is 5. The number of carbonyl (C=O) groups is 2. The van der Waals surface area contributed by atoms with Crippen molar-refractivity contribution in [1.29, 1.82) is 0 Å². The standard InChI is InChI=1S/C25H19FO5/c1-4-24(27)30-12-11-29-23-10-8-20(15-22(23)26)17-5-6-19-14-21(9-7-18(19)13-17)31-25(28)16(2)3/h4-15H,1-2H2,3H3/b12-11-. The van der Waals surface area contributed by atoms with Crippen molar-refractivity contribution in [2.75, 3.05) is 0 Å². The number of rotatable bonds is 7. The van der Waals surface area contributed by atoms with E-state index in [9.17, 15) is 14.0 Å². The molecule has 5 nitrogen and oxygen atoms in total. The number of benzene rings is 3. The van der Waals surface area contributed by atoms with Crippen molar-refractivity contribution < 1.29 is 28.2 Å². The van der Waals surface area contributed by atoms with Crippen molar-refractivity contribution in [3.8, 4) is 22.6 Å². The molecule has 0 unspecified atom stereocenters. The molecule has 3 aromatic rings. The van der Waals surface area contributed by atoms with E-state index in [2.05, 4.69) is 17.9 Å². The van der Waals surface area contributed by atoms with Crippen LogP contribution in [0.4, 0.5) is 4.39 Å². The van der Waals surface area contributed by atoms with E-state index >= 15 is 0 Å². The average Bonchev–Trinajstić information content (AvgIpc) is 2.76. The Kier molecular flexibility index (Phi) is 6.62. The number of halogens is 1. The van der Waals surface area contributed by atoms with Crippen molar-refractivity contribution in [1.82, 2.24) is 0 Å². The molecule has 156 valence electrons. The van der Waals surface area contributed by atoms with Crippen LogP contribution in [-0.2, 0) is 14.3 Å². The van der Waals surface area contributed by atoms with Crippen LogP contribution in [0.15, 0.2) is 91.9 Å². The smallest absolute Gasteiger partial charge is 0.338 e. The van der Waals surface area contributed by atoms with Crippen LogP contribution in [0.25, 0.3) is 21.9 Å². The van der Waals surface area contributed by atoms with Crippen LogP contribution in [-0.4, -0.2) is 11.9 Å². The molecule has 0 aliphatic rings. The Balaban J connectivity index is 1.77. The van der Waals surface area contributed by atoms with Crippen LogP contribution < -0.4 is 9.47 Å². The zero-order valence-electron chi connectivity index (χ0n) is 16.8. The monoisotopic (exact) mass is 418 g/mol. The van der Waals surface area contributed by atoms with Crippen LogP contribution in [0.3, 0.4) is 0 Å². The number of fused-ring (bicyclic) bond motifs is 1. The molecule has 0 N–H and O–H groups in total. The van der Waals surface area contributed by atoms with Crippen LogP contribution in [0, 0.1) is 5.82 Å². The van der Waals surface area contributed by atoms with Crippen LogP contribution >= 0.6 is 0 Å². The summed E-state index contributed by atoms with van der Waals surface area (Å²) in [4.78, 5) is 22.6. The van der Waals surface area contributed by atoms with Gasteiger partial charge in [0.05, 0.1) is 0 Å². The molecule has 0 radical (unpaired) electrons. The van der Waals surface area contributed by atoms with E-state index in [0.29, 0.717) is 16.9 Å². The van der Waals surface area contributed by atoms with Gasteiger partial charge in [-0.2, -0.15) is 0 Å². The van der Waals surface area contributed by atoms with E-state index < -0.39 is 17.8 Å². The van der Waals surface area contributed by atoms with Gasteiger partial charge < -0.3 is 14.2 Å². The summed E-state index contributed by atoms with van der Waals surface area (Å²) in [6, 6.07) is 15.4. The molecular formula is C25H19FO5. The number of carbonyl (C=O) groups excluding carboxylic acids is 2. The summed E-state index contributed by atoms with van der Waals surface area (Å²) in [7, 11) is 0. The first kappa shape index (κ1) is 21.5. The Morgan fingerprint density at radius 2 is 1.61 bits per heavy atom. The van der Waals surface area contributed by atoms with Crippen molar-refractivity contribution >= 4 is 22.7 Å². The van der Waals surface area contributed by atoms with Crippen molar-refractivity contribution in [2.24, 2.45) is 0 Å². The minimum Gasteiger partial charge on any atom is -0.459 e. The minimum atomic E-state index is -0.645. The van der Waals surface area contributed by atoms with Gasteiger partial charge in [-0.05, 0) is 59.2 Å². The molecule has 0 aliphatic heterocycles. The third kappa shape index (κ3) is 5.45. The number of esters is 2. The highest BCUT2D eigenvalue weighted by Crippen LogP contribution is 2.30. The summed E-state index contributed by atoms with van der Waals surface area (Å²) in [6.45, 7) is 8.40. The molecule has 0 spiro atoms. The first-order chi connectivity index (χ1) is 14.9. The Hall–Kier alpha value is -4.19. The summed E-state index contributed by atoms with van der Waals surface area (Å²) in [5.74, 6) is -1.29. The first-order valence-electron chi connectivity index (χ1n) is 9.23. The second kappa shape index (κ2) is 9.54. The minimum absolute atomic E-state index is 0.0144. The maximum atomic E-state index is 14.4. The predicted octanol–water partition coefficient (Wildman–Crippen LogP) is 5.71. The van der Waals surface area contributed by atoms with Crippen molar-refractivity contribution in [3.63, 3.8) is 0 Å². The third-order valence-corrected chi connectivity index (χ3v) is 4.24. The number of hydrogen-bond donors (Lipinski definition) is 0. The van der Waals surface area contributed by atoms with Gasteiger partial charge in [-0.1, -0.05) is 37.4 Å². The maximum absolute atomic E-state index is 14.4. The summed E-state index contributed by atoms with van der Waals surface area (Å²) in [5.41, 5.74) is 1.78. The van der Waals surface area contributed by atoms with E-state index in [4.69, 9.17) is 9.47 Å². The summed E-state index contributed by atoms with van der Waals surface area (Å²) >= 11 is 0. The molecule has 3 aromatic carbocycles. The maximum Gasteiger partial charge on any atom is 0.338 e. The molecule has 0 bridgehead atoms. The molecule has 0 atom stereocenters. The SMILES string of the molecule is C=CC(=O)O/C=C\Oc1ccc(-c2ccc3cc(OC(=O)C(=C)C)ccc3c2)cc1F. The van der Waals surface area contributed by atoms with E-state index in [1.165, 1.54) is 12.1 Å². The lowest BCUT2D eigenvalue weighted by molar-refractivity contribution is -0.132. The molecule has 6 heteroatoms. The first-order valence-corrected chi connectivity index (χ1v) is 9.23. The van der Waals surface area contributed by atoms with Crippen LogP contribution in [0.5, 0.6) is 11.5 Å². The Morgan fingerprint density at radius 1 is 0.935 bits per heavy atom. The number of ether oxygens (including phenoxy) is 3. The lowest BCUT2D eigenvalue weighted by atomic mass is 10.0. The molecule has 0 amide bonds. The second-order valence-corrected chi connectivity index (χ2v) is 6.57. The van der Waals surface area contributed by atoms with Gasteiger partial charge in [0, 0.05) is 11.6 Å². The van der Waals surface area contributed by atoms with Crippen molar-refractivity contribution in [2.45, 2.75) is 6.92 Å². The lowest BCUT2D eigenvalue weighted by Crippen LogP contribution is -2.07. The van der Waals surface area contributed by atoms with E-state index in [1.807, 2.05) is 24.3 Å². The van der Waals surface area contributed by atoms with Crippen LogP contribution in [0.1, 0.15) is 6.92 Å². The van der Waals surface area contributed by atoms with Gasteiger partial charge in [0.25, 0.3) is 0 Å². The molecule has 0 aromatic heterocycles. The molecule has 0 saturated heterocycles. The summed E-state index contributed by atoms with van der Waals surface area (Å²) in [6.07, 6.45) is 3.06. The zero-order chi connectivity index (χ0) is 22.4. The molecule has 0 aliphatic carbocycles. The summed E-state index contributed by atoms with van der Waals surface area (Å²) in [5, 5.41) is 1.77. The quantitative estimate of drug-likeness (QED) is 0.213. The van der Waals surface area contributed by atoms with Gasteiger partial charge in [0.2, 0.25) is 0 Å². The van der Waals surface area contributed by atoms with Crippen LogP contribution in [0.2, 0.25) is 0 Å². The van der Waals surface area contributed by atoms with E-state index in [1.54, 1.807) is 25.1 Å². The fourth-order valence-electron chi connectivity index (χ4n) is 2.68. The second-order valence-electron chi connectivity index (χ2n) is 6.57. The van der Waals surface area contributed by atoms with Gasteiger partial charge >= 0.3 is 11.9 Å². The van der Waals surface area contributed by atoms with Gasteiger partial charge in [-0.25, -0.2) is 14.0 Å². The Morgan fingerprint density at radius 3 is 2.32 bits per heavy atom. The largest absolute Gasteiger partial charge is 0.459 e. The fraction of sp³-hybridized carbons (Fsp3) is 0.0400. The van der Waals surface area contributed by atoms with Gasteiger partial charge in [-0.15, -0.1) is 0 Å². The highest BCUT2D eigenvalue weighted by Gasteiger charge is 2.09. The van der Waals surface area contributed by atoms with Crippen molar-refractivity contribution in [3.05, 3.63) is 97.7 Å². The van der Waals surface area contributed by atoms with Gasteiger partial charge in [0.15, 0.2) is 11.6 Å². The molecule has 31 heavy (non-hydrogen) atoms. The lowest BCUT2D eigenvalue weighted by Gasteiger charge is -2.09.